The van der Waals surface area contributed by atoms with E-state index in [0.717, 1.165) is 21.3 Å². The molecule has 0 bridgehead atoms. The maximum atomic E-state index is 4.35. The molecule has 18 heavy (non-hydrogen) atoms. The van der Waals surface area contributed by atoms with Crippen LogP contribution in [0.1, 0.15) is 30.5 Å². The Labute approximate surface area is 128 Å². The van der Waals surface area contributed by atoms with Crippen molar-refractivity contribution in [2.75, 3.05) is 6.54 Å². The third-order valence-electron chi connectivity index (χ3n) is 2.70. The lowest BCUT2D eigenvalue weighted by Gasteiger charge is -2.17. The summed E-state index contributed by atoms with van der Waals surface area (Å²) in [6.45, 7) is 6.04. The summed E-state index contributed by atoms with van der Waals surface area (Å²) in [4.78, 5) is 1.28. The number of rotatable bonds is 5. The molecule has 2 aromatic rings. The molecule has 0 saturated carbocycles. The Balaban J connectivity index is 2.39. The molecular formula is C12H15Br2N3S. The van der Waals surface area contributed by atoms with Crippen molar-refractivity contribution in [2.45, 2.75) is 26.4 Å². The number of nitrogens with one attached hydrogen (secondary N) is 1. The first-order chi connectivity index (χ1) is 8.67. The lowest BCUT2D eigenvalue weighted by Crippen LogP contribution is -2.24. The van der Waals surface area contributed by atoms with Gasteiger partial charge in [-0.2, -0.15) is 5.10 Å². The van der Waals surface area contributed by atoms with Crippen molar-refractivity contribution < 1.29 is 0 Å². The Morgan fingerprint density at radius 1 is 1.44 bits per heavy atom. The lowest BCUT2D eigenvalue weighted by atomic mass is 10.1. The fourth-order valence-corrected chi connectivity index (χ4v) is 4.09. The second-order valence-corrected chi connectivity index (χ2v) is 7.09. The van der Waals surface area contributed by atoms with Crippen LogP contribution in [0.4, 0.5) is 0 Å². The van der Waals surface area contributed by atoms with E-state index in [2.05, 4.69) is 68.3 Å². The van der Waals surface area contributed by atoms with E-state index in [1.807, 2.05) is 10.9 Å². The molecule has 2 heterocycles. The Hall–Kier alpha value is -0.170. The molecular weight excluding hydrogens is 378 g/mol. The summed E-state index contributed by atoms with van der Waals surface area (Å²) in [6.07, 6.45) is 1.86. The Bertz CT molecular complexity index is 502. The van der Waals surface area contributed by atoms with E-state index in [9.17, 15) is 0 Å². The molecule has 98 valence electrons. The molecule has 0 radical (unpaired) electrons. The van der Waals surface area contributed by atoms with Gasteiger partial charge in [0.1, 0.15) is 0 Å². The van der Waals surface area contributed by atoms with Crippen molar-refractivity contribution in [3.05, 3.63) is 37.2 Å². The topological polar surface area (TPSA) is 29.9 Å². The van der Waals surface area contributed by atoms with Crippen LogP contribution in [-0.4, -0.2) is 16.3 Å². The zero-order chi connectivity index (χ0) is 13.1. The second kappa shape index (κ2) is 6.32. The van der Waals surface area contributed by atoms with Gasteiger partial charge in [0.05, 0.1) is 15.5 Å². The van der Waals surface area contributed by atoms with Crippen LogP contribution in [0.15, 0.2) is 26.6 Å². The molecule has 1 atom stereocenters. The molecule has 2 aromatic heterocycles. The van der Waals surface area contributed by atoms with E-state index >= 15 is 0 Å². The zero-order valence-electron chi connectivity index (χ0n) is 10.3. The van der Waals surface area contributed by atoms with Crippen LogP contribution in [0, 0.1) is 0 Å². The van der Waals surface area contributed by atoms with Gasteiger partial charge in [-0.3, -0.25) is 4.68 Å². The van der Waals surface area contributed by atoms with Crippen molar-refractivity contribution in [1.82, 2.24) is 15.1 Å². The van der Waals surface area contributed by atoms with E-state index in [1.54, 1.807) is 11.3 Å². The molecule has 0 saturated heterocycles. The summed E-state index contributed by atoms with van der Waals surface area (Å²) >= 11 is 8.85. The fraction of sp³-hybridized carbons (Fsp3) is 0.417. The fourth-order valence-electron chi connectivity index (χ4n) is 1.91. The van der Waals surface area contributed by atoms with Crippen LogP contribution in [0.5, 0.6) is 0 Å². The predicted octanol–water partition coefficient (Wildman–Crippen LogP) is 4.19. The van der Waals surface area contributed by atoms with Gasteiger partial charge < -0.3 is 5.32 Å². The van der Waals surface area contributed by atoms with Crippen molar-refractivity contribution in [2.24, 2.45) is 0 Å². The monoisotopic (exact) mass is 391 g/mol. The summed E-state index contributed by atoms with van der Waals surface area (Å²) in [5.74, 6) is 0. The summed E-state index contributed by atoms with van der Waals surface area (Å²) < 4.78 is 4.27. The quantitative estimate of drug-likeness (QED) is 0.826. The lowest BCUT2D eigenvalue weighted by molar-refractivity contribution is 0.547. The van der Waals surface area contributed by atoms with Gasteiger partial charge >= 0.3 is 0 Å². The maximum absolute atomic E-state index is 4.35. The van der Waals surface area contributed by atoms with Crippen LogP contribution in [0.25, 0.3) is 0 Å². The number of hydrogen-bond donors (Lipinski definition) is 1. The summed E-state index contributed by atoms with van der Waals surface area (Å²) in [7, 11) is 0. The van der Waals surface area contributed by atoms with Gasteiger partial charge in [0, 0.05) is 22.1 Å². The Morgan fingerprint density at radius 3 is 2.78 bits per heavy atom. The summed E-state index contributed by atoms with van der Waals surface area (Å²) in [5.41, 5.74) is 1.21. The first-order valence-electron chi connectivity index (χ1n) is 5.87. The minimum absolute atomic E-state index is 0.199. The number of aryl methyl sites for hydroxylation is 1. The average molecular weight is 393 g/mol. The smallest absolute Gasteiger partial charge is 0.0843 e. The molecule has 0 spiro atoms. The average Bonchev–Trinajstić information content (AvgIpc) is 2.94. The third kappa shape index (κ3) is 2.87. The van der Waals surface area contributed by atoms with E-state index in [0.29, 0.717) is 0 Å². The molecule has 0 aromatic carbocycles. The molecule has 0 aliphatic heterocycles. The Kier molecular flexibility index (Phi) is 5.00. The normalized spacial score (nSPS) is 12.9. The highest BCUT2D eigenvalue weighted by atomic mass is 79.9. The van der Waals surface area contributed by atoms with Gasteiger partial charge in [-0.25, -0.2) is 0 Å². The highest BCUT2D eigenvalue weighted by Gasteiger charge is 2.20. The second-order valence-electron chi connectivity index (χ2n) is 3.83. The van der Waals surface area contributed by atoms with Crippen LogP contribution >= 0.6 is 43.2 Å². The SMILES string of the molecule is CCNC(c1cc(Br)c(Br)s1)c1ccnn1CC. The standard InChI is InChI=1S/C12H15Br2N3S/c1-3-15-11(9-5-6-16-17(9)4-2)10-7-8(13)12(14)18-10/h5-7,11,15H,3-4H2,1-2H3. The molecule has 3 nitrogen and oxygen atoms in total. The van der Waals surface area contributed by atoms with E-state index in [1.165, 1.54) is 10.6 Å². The number of nitrogens with zero attached hydrogens (tertiary/aromatic N) is 2. The van der Waals surface area contributed by atoms with Gasteiger partial charge in [-0.15, -0.1) is 11.3 Å². The van der Waals surface area contributed by atoms with Crippen LogP contribution in [-0.2, 0) is 6.54 Å². The first kappa shape index (κ1) is 14.2. The molecule has 0 aliphatic carbocycles. The third-order valence-corrected chi connectivity index (χ3v) is 6.02. The first-order valence-corrected chi connectivity index (χ1v) is 8.27. The van der Waals surface area contributed by atoms with E-state index in [-0.39, 0.29) is 6.04 Å². The zero-order valence-corrected chi connectivity index (χ0v) is 14.3. The number of thiophene rings is 1. The predicted molar refractivity (Wildman–Crippen MR) is 83.1 cm³/mol. The molecule has 0 fully saturated rings. The minimum Gasteiger partial charge on any atom is -0.305 e. The molecule has 0 aliphatic rings. The highest BCUT2D eigenvalue weighted by molar-refractivity contribution is 9.13. The number of hydrogen-bond acceptors (Lipinski definition) is 3. The van der Waals surface area contributed by atoms with Crippen molar-refractivity contribution in [3.8, 4) is 0 Å². The van der Waals surface area contributed by atoms with Gasteiger partial charge in [0.25, 0.3) is 0 Å². The van der Waals surface area contributed by atoms with Gasteiger partial charge in [0.15, 0.2) is 0 Å². The number of halogens is 2. The Morgan fingerprint density at radius 2 is 2.22 bits per heavy atom. The molecule has 1 N–H and O–H groups in total. The molecule has 0 amide bonds. The van der Waals surface area contributed by atoms with Crippen molar-refractivity contribution in [3.63, 3.8) is 0 Å². The van der Waals surface area contributed by atoms with Crippen LogP contribution in [0.2, 0.25) is 0 Å². The van der Waals surface area contributed by atoms with Gasteiger partial charge in [-0.1, -0.05) is 6.92 Å². The highest BCUT2D eigenvalue weighted by Crippen LogP contribution is 2.37. The van der Waals surface area contributed by atoms with E-state index < -0.39 is 0 Å². The van der Waals surface area contributed by atoms with Crippen LogP contribution in [0.3, 0.4) is 0 Å². The molecule has 1 unspecified atom stereocenters. The maximum Gasteiger partial charge on any atom is 0.0843 e. The molecule has 2 rings (SSSR count). The van der Waals surface area contributed by atoms with E-state index in [4.69, 9.17) is 0 Å². The van der Waals surface area contributed by atoms with Crippen molar-refractivity contribution in [1.29, 1.82) is 0 Å². The van der Waals surface area contributed by atoms with Crippen molar-refractivity contribution >= 4 is 43.2 Å². The van der Waals surface area contributed by atoms with Crippen LogP contribution < -0.4 is 5.32 Å². The van der Waals surface area contributed by atoms with Gasteiger partial charge in [0.2, 0.25) is 0 Å². The number of aromatic nitrogens is 2. The minimum atomic E-state index is 0.199. The van der Waals surface area contributed by atoms with Gasteiger partial charge in [-0.05, 0) is 57.5 Å². The molecule has 6 heteroatoms. The largest absolute Gasteiger partial charge is 0.305 e. The summed E-state index contributed by atoms with van der Waals surface area (Å²) in [6, 6.07) is 4.44. The summed E-state index contributed by atoms with van der Waals surface area (Å²) in [5, 5.41) is 7.87.